The van der Waals surface area contributed by atoms with E-state index in [1.54, 1.807) is 24.3 Å². The SMILES string of the molecule is CC(C)Nc1ccc(NC(C)C)c2c1C(=O)c1ccccc1C2=O.CC1(C)Nc2cccc3c(N=Nc4ccc(N=Nc5ccccc5)c5ccccc45)ccc(c23)N1.CCN(CC)c1ccc2nc3c4ccccc4c(=O)cc-3oc2c1.CN(C)c1ccc(N=Nc2ccccc2)cc1. The van der Waals surface area contributed by atoms with Crippen molar-refractivity contribution in [3.05, 3.63) is 269 Å². The molecule has 11 aromatic rings. The number of aromatic nitrogens is 1. The number of azo groups is 3. The van der Waals surface area contributed by atoms with Crippen LogP contribution < -0.4 is 36.5 Å². The first-order valence-electron chi connectivity index (χ1n) is 33.6. The molecule has 500 valence electrons. The standard InChI is InChI=1S/C29H24N6.C20H18N2O2.C20H22N2O2.C14H15N3/c1-29(2)30-26-14-8-13-22-25(17-18-27(31-29)28(22)26)35-34-24-16-15-23(20-11-6-7-12-21(20)24)33-32-19-9-4-3-5-10-19;1-3-22(4-2)13-9-10-16-18(11-13)24-19-12-17(23)14-7-5-6-8-15(14)20(19)21-16;1-11(2)21-15-9-10-16(22-12(3)4)18-17(15)19(23)13-7-5-6-8-14(13)20(18)24;1-17(2)14-10-8-13(9-11-14)16-15-12-6-4-3-5-7-12/h3-18,30-31H,1-2H3;5-12H,3-4H2,1-2H3;5-12,21-22H,1-4H3;3-11H,1-2H3. The average molecular weight is 1320 g/mol. The summed E-state index contributed by atoms with van der Waals surface area (Å²) < 4.78 is 6.03. The molecule has 17 nitrogen and oxygen atoms in total. The van der Waals surface area contributed by atoms with Crippen LogP contribution in [0.1, 0.15) is 87.2 Å². The lowest BCUT2D eigenvalue weighted by atomic mass is 9.82. The van der Waals surface area contributed by atoms with Gasteiger partial charge in [0, 0.05) is 129 Å². The number of benzene rings is 12. The van der Waals surface area contributed by atoms with E-state index in [2.05, 4.69) is 120 Å². The normalized spacial score (nSPS) is 12.8. The summed E-state index contributed by atoms with van der Waals surface area (Å²) in [6.07, 6.45) is 0. The van der Waals surface area contributed by atoms with E-state index in [0.717, 1.165) is 108 Å². The lowest BCUT2D eigenvalue weighted by molar-refractivity contribution is 0.0980. The number of rotatable bonds is 14. The second-order valence-electron chi connectivity index (χ2n) is 25.6. The molecular weight excluding hydrogens is 1240 g/mol. The lowest BCUT2D eigenvalue weighted by Crippen LogP contribution is -2.41. The summed E-state index contributed by atoms with van der Waals surface area (Å²) in [7, 11) is 4.03. The van der Waals surface area contributed by atoms with Crippen LogP contribution in [0.4, 0.5) is 68.2 Å². The number of carbonyl (C=O) groups is 2. The summed E-state index contributed by atoms with van der Waals surface area (Å²) in [5, 5.41) is 45.9. The third kappa shape index (κ3) is 15.1. The summed E-state index contributed by atoms with van der Waals surface area (Å²) in [4.78, 5) is 47.5. The Morgan fingerprint density at radius 3 is 1.45 bits per heavy atom. The van der Waals surface area contributed by atoms with Crippen molar-refractivity contribution >= 4 is 123 Å². The van der Waals surface area contributed by atoms with Crippen molar-refractivity contribution in [2.24, 2.45) is 30.7 Å². The van der Waals surface area contributed by atoms with Crippen LogP contribution in [0, 0.1) is 0 Å². The van der Waals surface area contributed by atoms with Gasteiger partial charge in [0.25, 0.3) is 0 Å². The van der Waals surface area contributed by atoms with Crippen molar-refractivity contribution in [3.63, 3.8) is 0 Å². The fourth-order valence-corrected chi connectivity index (χ4v) is 12.3. The highest BCUT2D eigenvalue weighted by Crippen LogP contribution is 2.44. The smallest absolute Gasteiger partial charge is 0.196 e. The minimum Gasteiger partial charge on any atom is -0.453 e. The van der Waals surface area contributed by atoms with Gasteiger partial charge in [0.1, 0.15) is 16.9 Å². The maximum Gasteiger partial charge on any atom is 0.196 e. The molecule has 0 bridgehead atoms. The molecule has 0 radical (unpaired) electrons. The van der Waals surface area contributed by atoms with E-state index < -0.39 is 0 Å². The van der Waals surface area contributed by atoms with Gasteiger partial charge in [-0.05, 0) is 159 Å². The maximum atomic E-state index is 13.1. The van der Waals surface area contributed by atoms with Crippen molar-refractivity contribution < 1.29 is 14.0 Å². The van der Waals surface area contributed by atoms with E-state index >= 15 is 0 Å². The number of fused-ring (bicyclic) bond motifs is 7. The number of hydrogen-bond donors (Lipinski definition) is 4. The molecule has 0 amide bonds. The van der Waals surface area contributed by atoms with Gasteiger partial charge < -0.3 is 35.5 Å². The molecule has 0 spiro atoms. The summed E-state index contributed by atoms with van der Waals surface area (Å²) >= 11 is 0. The second kappa shape index (κ2) is 30.0. The molecule has 11 aromatic carbocycles. The van der Waals surface area contributed by atoms with Crippen LogP contribution in [0.25, 0.3) is 54.9 Å². The van der Waals surface area contributed by atoms with Gasteiger partial charge in [0.2, 0.25) is 0 Å². The molecule has 0 aromatic heterocycles. The van der Waals surface area contributed by atoms with Gasteiger partial charge >= 0.3 is 0 Å². The van der Waals surface area contributed by atoms with Gasteiger partial charge in [0.15, 0.2) is 28.3 Å². The van der Waals surface area contributed by atoms with Crippen LogP contribution in [0.2, 0.25) is 0 Å². The highest BCUT2D eigenvalue weighted by Gasteiger charge is 2.34. The van der Waals surface area contributed by atoms with Gasteiger partial charge in [-0.3, -0.25) is 14.4 Å². The predicted molar refractivity (Wildman–Crippen MR) is 411 cm³/mol. The third-order valence-corrected chi connectivity index (χ3v) is 16.9. The third-order valence-electron chi connectivity index (χ3n) is 16.9. The fourth-order valence-electron chi connectivity index (χ4n) is 12.3. The zero-order chi connectivity index (χ0) is 70.0. The van der Waals surface area contributed by atoms with E-state index in [0.29, 0.717) is 50.4 Å². The number of nitrogens with one attached hydrogen (secondary N) is 4. The Balaban J connectivity index is 0.000000131. The highest BCUT2D eigenvalue weighted by atomic mass is 16.3. The Labute approximate surface area is 581 Å². The molecule has 0 saturated carbocycles. The van der Waals surface area contributed by atoms with E-state index in [1.165, 1.54) is 6.07 Å². The highest BCUT2D eigenvalue weighted by molar-refractivity contribution is 6.32. The molecule has 2 aliphatic heterocycles. The number of anilines is 6. The monoisotopic (exact) mass is 1320 g/mol. The van der Waals surface area contributed by atoms with Gasteiger partial charge in [0.05, 0.1) is 45.3 Å². The minimum absolute atomic E-state index is 0.0390. The molecule has 17 heteroatoms. The molecule has 0 unspecified atom stereocenters. The first-order valence-corrected chi connectivity index (χ1v) is 33.6. The van der Waals surface area contributed by atoms with E-state index in [4.69, 9.17) is 9.40 Å². The summed E-state index contributed by atoms with van der Waals surface area (Å²) in [6.45, 7) is 18.4. The van der Waals surface area contributed by atoms with Crippen molar-refractivity contribution in [1.82, 2.24) is 4.98 Å². The molecule has 0 atom stereocenters. The Bertz CT molecular complexity index is 5180. The Hall–Kier alpha value is -12.2. The first kappa shape index (κ1) is 67.7. The van der Waals surface area contributed by atoms with Crippen molar-refractivity contribution in [2.45, 2.75) is 73.1 Å². The molecular formula is C83H79N13O4. The molecule has 0 fully saturated rings. The van der Waals surface area contributed by atoms with Crippen LogP contribution in [-0.4, -0.2) is 61.5 Å². The van der Waals surface area contributed by atoms with Crippen LogP contribution in [0.3, 0.4) is 0 Å². The van der Waals surface area contributed by atoms with Crippen molar-refractivity contribution in [3.8, 4) is 11.5 Å². The van der Waals surface area contributed by atoms with Gasteiger partial charge in [-0.25, -0.2) is 4.98 Å². The molecule has 0 saturated heterocycles. The number of ketones is 2. The van der Waals surface area contributed by atoms with Crippen LogP contribution in [0.5, 0.6) is 0 Å². The lowest BCUT2D eigenvalue weighted by Gasteiger charge is -2.36. The van der Waals surface area contributed by atoms with E-state index in [9.17, 15) is 14.4 Å². The Kier molecular flexibility index (Phi) is 20.3. The topological polar surface area (TPSA) is 206 Å². The maximum absolute atomic E-state index is 13.1. The van der Waals surface area contributed by atoms with Crippen molar-refractivity contribution in [1.29, 1.82) is 0 Å². The largest absolute Gasteiger partial charge is 0.453 e. The molecule has 4 aliphatic rings. The minimum atomic E-state index is -0.219. The molecule has 2 heterocycles. The molecule has 100 heavy (non-hydrogen) atoms. The second-order valence-corrected chi connectivity index (χ2v) is 25.6. The quantitative estimate of drug-likeness (QED) is 0.0458. The Morgan fingerprint density at radius 1 is 0.460 bits per heavy atom. The molecule has 15 rings (SSSR count). The predicted octanol–water partition coefficient (Wildman–Crippen LogP) is 22.0. The van der Waals surface area contributed by atoms with Crippen LogP contribution >= 0.6 is 0 Å². The van der Waals surface area contributed by atoms with E-state index in [-0.39, 0.29) is 34.7 Å². The van der Waals surface area contributed by atoms with Crippen LogP contribution in [-0.2, 0) is 0 Å². The summed E-state index contributed by atoms with van der Waals surface area (Å²) in [5.74, 6) is 0.328. The van der Waals surface area contributed by atoms with Gasteiger partial charge in [-0.15, -0.1) is 15.3 Å². The summed E-state index contributed by atoms with van der Waals surface area (Å²) in [6, 6.07) is 75.9. The zero-order valence-electron chi connectivity index (χ0n) is 57.7. The Morgan fingerprint density at radius 2 is 0.910 bits per heavy atom. The number of carbonyl (C=O) groups excluding carboxylic acids is 2. The zero-order valence-corrected chi connectivity index (χ0v) is 57.7. The number of hydrogen-bond acceptors (Lipinski definition) is 17. The van der Waals surface area contributed by atoms with Crippen LogP contribution in [0.15, 0.2) is 276 Å². The molecule has 4 N–H and O–H groups in total. The van der Waals surface area contributed by atoms with Gasteiger partial charge in [-0.1, -0.05) is 121 Å². The first-order chi connectivity index (χ1) is 48.4. The van der Waals surface area contributed by atoms with E-state index in [1.807, 2.05) is 218 Å². The number of nitrogens with zero attached hydrogens (tertiary/aromatic N) is 9. The van der Waals surface area contributed by atoms with Crippen molar-refractivity contribution in [2.75, 3.05) is 58.3 Å². The fraction of sp³-hybridized carbons (Fsp3) is 0.181. The summed E-state index contributed by atoms with van der Waals surface area (Å²) in [5.41, 5.74) is 14.7. The molecule has 2 aliphatic carbocycles. The van der Waals surface area contributed by atoms with Gasteiger partial charge in [-0.2, -0.15) is 15.3 Å². The average Bonchev–Trinajstić information content (AvgIpc) is 0.747.